The molecule has 1 aliphatic rings. The van der Waals surface area contributed by atoms with Crippen LogP contribution in [0.25, 0.3) is 0 Å². The lowest BCUT2D eigenvalue weighted by molar-refractivity contribution is -0.156. The van der Waals surface area contributed by atoms with Crippen LogP contribution in [0.3, 0.4) is 0 Å². The van der Waals surface area contributed by atoms with E-state index in [1.54, 1.807) is 0 Å². The molecule has 2 unspecified atom stereocenters. The van der Waals surface area contributed by atoms with Gasteiger partial charge in [-0.1, -0.05) is 26.7 Å². The Bertz CT molecular complexity index is 181. The fourth-order valence-electron chi connectivity index (χ4n) is 2.27. The Kier molecular flexibility index (Phi) is 3.96. The first-order chi connectivity index (χ1) is 6.54. The SMILES string of the molecule is CCCCC1(O)CCOC(C)(CC)C1. The number of aliphatic hydroxyl groups is 1. The van der Waals surface area contributed by atoms with Crippen LogP contribution in [-0.4, -0.2) is 22.9 Å². The zero-order valence-corrected chi connectivity index (χ0v) is 9.81. The molecule has 14 heavy (non-hydrogen) atoms. The lowest BCUT2D eigenvalue weighted by Gasteiger charge is -2.43. The van der Waals surface area contributed by atoms with E-state index >= 15 is 0 Å². The quantitative estimate of drug-likeness (QED) is 0.756. The highest BCUT2D eigenvalue weighted by molar-refractivity contribution is 4.91. The molecular weight excluding hydrogens is 176 g/mol. The third kappa shape index (κ3) is 2.96. The highest BCUT2D eigenvalue weighted by Gasteiger charge is 2.40. The zero-order chi connectivity index (χ0) is 10.7. The summed E-state index contributed by atoms with van der Waals surface area (Å²) in [5.41, 5.74) is -0.556. The van der Waals surface area contributed by atoms with Crippen molar-refractivity contribution < 1.29 is 9.84 Å². The summed E-state index contributed by atoms with van der Waals surface area (Å²) in [6.07, 6.45) is 5.81. The Labute approximate surface area is 87.7 Å². The van der Waals surface area contributed by atoms with Gasteiger partial charge < -0.3 is 9.84 Å². The molecule has 2 atom stereocenters. The number of unbranched alkanes of at least 4 members (excludes halogenated alkanes) is 1. The van der Waals surface area contributed by atoms with E-state index in [-0.39, 0.29) is 5.60 Å². The maximum Gasteiger partial charge on any atom is 0.0697 e. The van der Waals surface area contributed by atoms with Crippen molar-refractivity contribution in [1.29, 1.82) is 0 Å². The van der Waals surface area contributed by atoms with Crippen LogP contribution in [0.1, 0.15) is 59.3 Å². The molecule has 2 heteroatoms. The summed E-state index contributed by atoms with van der Waals surface area (Å²) in [4.78, 5) is 0. The molecule has 0 amide bonds. The van der Waals surface area contributed by atoms with Crippen LogP contribution in [0.2, 0.25) is 0 Å². The van der Waals surface area contributed by atoms with Crippen LogP contribution < -0.4 is 0 Å². The molecule has 0 saturated carbocycles. The molecule has 1 aliphatic heterocycles. The van der Waals surface area contributed by atoms with Crippen molar-refractivity contribution in [3.63, 3.8) is 0 Å². The molecule has 1 N–H and O–H groups in total. The Hall–Kier alpha value is -0.0800. The summed E-state index contributed by atoms with van der Waals surface area (Å²) in [7, 11) is 0. The summed E-state index contributed by atoms with van der Waals surface area (Å²) < 4.78 is 5.73. The van der Waals surface area contributed by atoms with Crippen LogP contribution in [0.4, 0.5) is 0 Å². The van der Waals surface area contributed by atoms with E-state index in [9.17, 15) is 5.11 Å². The molecule has 1 saturated heterocycles. The molecule has 0 aromatic rings. The second-order valence-electron chi connectivity index (χ2n) is 4.91. The topological polar surface area (TPSA) is 29.5 Å². The summed E-state index contributed by atoms with van der Waals surface area (Å²) in [6, 6.07) is 0. The van der Waals surface area contributed by atoms with E-state index in [1.807, 2.05) is 0 Å². The van der Waals surface area contributed by atoms with Crippen molar-refractivity contribution in [1.82, 2.24) is 0 Å². The Morgan fingerprint density at radius 3 is 2.64 bits per heavy atom. The fraction of sp³-hybridized carbons (Fsp3) is 1.00. The summed E-state index contributed by atoms with van der Waals surface area (Å²) in [5.74, 6) is 0. The molecule has 2 nitrogen and oxygen atoms in total. The Morgan fingerprint density at radius 1 is 1.36 bits per heavy atom. The van der Waals surface area contributed by atoms with Gasteiger partial charge in [0.25, 0.3) is 0 Å². The van der Waals surface area contributed by atoms with Crippen molar-refractivity contribution in [3.05, 3.63) is 0 Å². The molecule has 1 fully saturated rings. The molecular formula is C12H24O2. The van der Waals surface area contributed by atoms with Gasteiger partial charge in [-0.2, -0.15) is 0 Å². The van der Waals surface area contributed by atoms with Crippen LogP contribution in [0.15, 0.2) is 0 Å². The molecule has 0 radical (unpaired) electrons. The second-order valence-corrected chi connectivity index (χ2v) is 4.91. The second kappa shape index (κ2) is 4.63. The average Bonchev–Trinajstić information content (AvgIpc) is 2.15. The van der Waals surface area contributed by atoms with E-state index in [4.69, 9.17) is 4.74 Å². The molecule has 1 rings (SSSR count). The van der Waals surface area contributed by atoms with Gasteiger partial charge >= 0.3 is 0 Å². The van der Waals surface area contributed by atoms with E-state index in [1.165, 1.54) is 0 Å². The van der Waals surface area contributed by atoms with Crippen molar-refractivity contribution >= 4 is 0 Å². The van der Waals surface area contributed by atoms with Gasteiger partial charge in [0.1, 0.15) is 0 Å². The molecule has 0 aromatic carbocycles. The van der Waals surface area contributed by atoms with Gasteiger partial charge in [0.05, 0.1) is 17.8 Å². The van der Waals surface area contributed by atoms with Crippen LogP contribution >= 0.6 is 0 Å². The number of ether oxygens (including phenoxy) is 1. The normalized spacial score (nSPS) is 38.6. The highest BCUT2D eigenvalue weighted by atomic mass is 16.5. The Balaban J connectivity index is 2.53. The molecule has 1 heterocycles. The predicted molar refractivity (Wildman–Crippen MR) is 58.4 cm³/mol. The first kappa shape index (κ1) is 12.0. The van der Waals surface area contributed by atoms with Gasteiger partial charge in [-0.3, -0.25) is 0 Å². The van der Waals surface area contributed by atoms with Crippen molar-refractivity contribution in [2.75, 3.05) is 6.61 Å². The van der Waals surface area contributed by atoms with Gasteiger partial charge in [0, 0.05) is 6.42 Å². The first-order valence-corrected chi connectivity index (χ1v) is 5.90. The Morgan fingerprint density at radius 2 is 2.07 bits per heavy atom. The third-order valence-corrected chi connectivity index (χ3v) is 3.46. The van der Waals surface area contributed by atoms with Gasteiger partial charge in [-0.25, -0.2) is 0 Å². The van der Waals surface area contributed by atoms with Crippen LogP contribution in [0.5, 0.6) is 0 Å². The molecule has 0 aliphatic carbocycles. The maximum atomic E-state index is 10.4. The predicted octanol–water partition coefficient (Wildman–Crippen LogP) is 2.89. The minimum atomic E-state index is -0.459. The third-order valence-electron chi connectivity index (χ3n) is 3.46. The van der Waals surface area contributed by atoms with Crippen molar-refractivity contribution in [2.45, 2.75) is 70.5 Å². The van der Waals surface area contributed by atoms with E-state index < -0.39 is 5.60 Å². The molecule has 0 spiro atoms. The smallest absolute Gasteiger partial charge is 0.0697 e. The first-order valence-electron chi connectivity index (χ1n) is 5.90. The largest absolute Gasteiger partial charge is 0.390 e. The summed E-state index contributed by atoms with van der Waals surface area (Å²) in [6.45, 7) is 7.13. The summed E-state index contributed by atoms with van der Waals surface area (Å²) >= 11 is 0. The minimum Gasteiger partial charge on any atom is -0.390 e. The van der Waals surface area contributed by atoms with Crippen molar-refractivity contribution in [3.8, 4) is 0 Å². The minimum absolute atomic E-state index is 0.0965. The summed E-state index contributed by atoms with van der Waals surface area (Å²) in [5, 5.41) is 10.4. The van der Waals surface area contributed by atoms with Crippen molar-refractivity contribution in [2.24, 2.45) is 0 Å². The van der Waals surface area contributed by atoms with Gasteiger partial charge in [-0.15, -0.1) is 0 Å². The lowest BCUT2D eigenvalue weighted by atomic mass is 9.79. The maximum absolute atomic E-state index is 10.4. The molecule has 84 valence electrons. The molecule has 0 bridgehead atoms. The van der Waals surface area contributed by atoms with Gasteiger partial charge in [0.15, 0.2) is 0 Å². The standard InChI is InChI=1S/C12H24O2/c1-4-6-7-12(13)8-9-14-11(3,5-2)10-12/h13H,4-10H2,1-3H3. The number of rotatable bonds is 4. The fourth-order valence-corrected chi connectivity index (χ4v) is 2.27. The van der Waals surface area contributed by atoms with Gasteiger partial charge in [-0.05, 0) is 26.2 Å². The molecule has 0 aromatic heterocycles. The van der Waals surface area contributed by atoms with E-state index in [0.717, 1.165) is 38.5 Å². The number of hydrogen-bond donors (Lipinski definition) is 1. The highest BCUT2D eigenvalue weighted by Crippen LogP contribution is 2.37. The van der Waals surface area contributed by atoms with Crippen LogP contribution in [0, 0.1) is 0 Å². The zero-order valence-electron chi connectivity index (χ0n) is 9.81. The van der Waals surface area contributed by atoms with Gasteiger partial charge in [0.2, 0.25) is 0 Å². The van der Waals surface area contributed by atoms with Crippen LogP contribution in [-0.2, 0) is 4.74 Å². The van der Waals surface area contributed by atoms with E-state index in [2.05, 4.69) is 20.8 Å². The number of hydrogen-bond acceptors (Lipinski definition) is 2. The lowest BCUT2D eigenvalue weighted by Crippen LogP contribution is -2.47. The monoisotopic (exact) mass is 200 g/mol. The average molecular weight is 200 g/mol. The van der Waals surface area contributed by atoms with E-state index in [0.29, 0.717) is 6.61 Å².